The molecule has 0 aliphatic carbocycles. The Morgan fingerprint density at radius 1 is 1.21 bits per heavy atom. The highest BCUT2D eigenvalue weighted by atomic mass is 32.1. The van der Waals surface area contributed by atoms with Gasteiger partial charge in [0.05, 0.1) is 31.7 Å². The smallest absolute Gasteiger partial charge is 0.312 e. The van der Waals surface area contributed by atoms with Crippen LogP contribution in [-0.2, 0) is 9.53 Å². The van der Waals surface area contributed by atoms with Crippen LogP contribution < -0.4 is 16.4 Å². The van der Waals surface area contributed by atoms with E-state index in [-0.39, 0.29) is 24.2 Å². The van der Waals surface area contributed by atoms with E-state index >= 15 is 0 Å². The summed E-state index contributed by atoms with van der Waals surface area (Å²) < 4.78 is 18.8. The molecular formula is C20H25FN4O3S. The maximum Gasteiger partial charge on any atom is 0.312 e. The maximum absolute atomic E-state index is 13.3. The number of urea groups is 1. The van der Waals surface area contributed by atoms with Crippen molar-refractivity contribution >= 4 is 23.3 Å². The lowest BCUT2D eigenvalue weighted by molar-refractivity contribution is -0.121. The van der Waals surface area contributed by atoms with Crippen molar-refractivity contribution in [1.29, 1.82) is 0 Å². The van der Waals surface area contributed by atoms with Crippen molar-refractivity contribution in [3.63, 3.8) is 0 Å². The van der Waals surface area contributed by atoms with Crippen LogP contribution in [0.15, 0.2) is 41.8 Å². The molecule has 1 aliphatic rings. The first-order chi connectivity index (χ1) is 14.0. The molecule has 4 N–H and O–H groups in total. The number of benzene rings is 1. The summed E-state index contributed by atoms with van der Waals surface area (Å²) in [5, 5.41) is 7.46. The Labute approximate surface area is 173 Å². The second-order valence-corrected chi connectivity index (χ2v) is 7.78. The highest BCUT2D eigenvalue weighted by molar-refractivity contribution is 7.10. The molecule has 2 unspecified atom stereocenters. The van der Waals surface area contributed by atoms with Gasteiger partial charge < -0.3 is 21.1 Å². The standard InChI is InChI=1S/C20H25FN4O3S/c21-15-5-3-14(4-6-15)17(25-7-9-28-10-8-25)13-23-19(26)12-16(24-20(22)27)18-2-1-11-29-18/h1-6,11,16-17H,7-10,12-13H2,(H,23,26)(H3,22,24,27). The molecule has 0 radical (unpaired) electrons. The van der Waals surface area contributed by atoms with E-state index in [1.807, 2.05) is 17.5 Å². The van der Waals surface area contributed by atoms with Gasteiger partial charge in [0, 0.05) is 24.5 Å². The number of carbonyl (C=O) groups is 2. The number of hydrogen-bond donors (Lipinski definition) is 3. The van der Waals surface area contributed by atoms with Gasteiger partial charge >= 0.3 is 6.03 Å². The number of ether oxygens (including phenoxy) is 1. The molecule has 7 nitrogen and oxygen atoms in total. The Balaban J connectivity index is 1.65. The molecule has 3 rings (SSSR count). The van der Waals surface area contributed by atoms with E-state index in [4.69, 9.17) is 10.5 Å². The summed E-state index contributed by atoms with van der Waals surface area (Å²) in [6.07, 6.45) is 0.0860. The van der Waals surface area contributed by atoms with E-state index in [1.165, 1.54) is 23.5 Å². The average molecular weight is 421 g/mol. The summed E-state index contributed by atoms with van der Waals surface area (Å²) in [6, 6.07) is 8.81. The van der Waals surface area contributed by atoms with Crippen molar-refractivity contribution < 1.29 is 18.7 Å². The number of nitrogens with two attached hydrogens (primary N) is 1. The first kappa shape index (κ1) is 21.2. The highest BCUT2D eigenvalue weighted by Gasteiger charge is 2.24. The summed E-state index contributed by atoms with van der Waals surface area (Å²) in [4.78, 5) is 27.0. The maximum atomic E-state index is 13.3. The summed E-state index contributed by atoms with van der Waals surface area (Å²) >= 11 is 1.45. The number of rotatable bonds is 8. The number of morpholine rings is 1. The quantitative estimate of drug-likeness (QED) is 0.610. The van der Waals surface area contributed by atoms with Gasteiger partial charge in [0.2, 0.25) is 5.91 Å². The van der Waals surface area contributed by atoms with Crippen LogP contribution in [0.5, 0.6) is 0 Å². The molecule has 2 heterocycles. The van der Waals surface area contributed by atoms with Gasteiger partial charge in [-0.05, 0) is 29.1 Å². The molecule has 2 aromatic rings. The fourth-order valence-corrected chi connectivity index (χ4v) is 4.16. The molecule has 1 aromatic heterocycles. The molecule has 1 aromatic carbocycles. The second kappa shape index (κ2) is 10.3. The monoisotopic (exact) mass is 420 g/mol. The molecule has 1 fully saturated rings. The van der Waals surface area contributed by atoms with Crippen molar-refractivity contribution in [3.05, 3.63) is 58.0 Å². The molecule has 3 amide bonds. The van der Waals surface area contributed by atoms with Crippen LogP contribution in [0.1, 0.15) is 28.9 Å². The minimum absolute atomic E-state index is 0.0860. The van der Waals surface area contributed by atoms with Crippen LogP contribution in [0.3, 0.4) is 0 Å². The topological polar surface area (TPSA) is 96.7 Å². The van der Waals surface area contributed by atoms with Crippen molar-refractivity contribution in [2.24, 2.45) is 5.73 Å². The van der Waals surface area contributed by atoms with E-state index in [0.29, 0.717) is 19.8 Å². The normalized spacial score (nSPS) is 16.7. The molecule has 156 valence electrons. The summed E-state index contributed by atoms with van der Waals surface area (Å²) in [7, 11) is 0. The molecule has 2 atom stereocenters. The van der Waals surface area contributed by atoms with Crippen molar-refractivity contribution in [1.82, 2.24) is 15.5 Å². The minimum atomic E-state index is -0.672. The lowest BCUT2D eigenvalue weighted by Gasteiger charge is -2.35. The van der Waals surface area contributed by atoms with Crippen LogP contribution in [0, 0.1) is 5.82 Å². The number of nitrogens with one attached hydrogen (secondary N) is 2. The van der Waals surface area contributed by atoms with Gasteiger partial charge in [-0.15, -0.1) is 11.3 Å². The molecule has 9 heteroatoms. The fraction of sp³-hybridized carbons (Fsp3) is 0.400. The van der Waals surface area contributed by atoms with Crippen LogP contribution in [0.25, 0.3) is 0 Å². The Hall–Kier alpha value is -2.49. The number of thiophene rings is 1. The first-order valence-electron chi connectivity index (χ1n) is 9.46. The van der Waals surface area contributed by atoms with Gasteiger partial charge in [-0.2, -0.15) is 0 Å². The van der Waals surface area contributed by atoms with Gasteiger partial charge in [-0.1, -0.05) is 18.2 Å². The zero-order chi connectivity index (χ0) is 20.6. The highest BCUT2D eigenvalue weighted by Crippen LogP contribution is 2.24. The van der Waals surface area contributed by atoms with Gasteiger partial charge in [-0.3, -0.25) is 9.69 Å². The molecule has 0 bridgehead atoms. The number of hydrogen-bond acceptors (Lipinski definition) is 5. The molecule has 0 spiro atoms. The lowest BCUT2D eigenvalue weighted by Crippen LogP contribution is -2.44. The molecule has 29 heavy (non-hydrogen) atoms. The SMILES string of the molecule is NC(=O)NC(CC(=O)NCC(c1ccc(F)cc1)N1CCOCC1)c1cccs1. The number of carbonyl (C=O) groups excluding carboxylic acids is 2. The van der Waals surface area contributed by atoms with Gasteiger partial charge in [0.15, 0.2) is 0 Å². The predicted octanol–water partition coefficient (Wildman–Crippen LogP) is 2.18. The molecule has 1 saturated heterocycles. The Kier molecular flexibility index (Phi) is 7.56. The van der Waals surface area contributed by atoms with Gasteiger partial charge in [-0.25, -0.2) is 9.18 Å². The van der Waals surface area contributed by atoms with Crippen molar-refractivity contribution in [3.8, 4) is 0 Å². The van der Waals surface area contributed by atoms with Crippen LogP contribution >= 0.6 is 11.3 Å². The number of halogens is 1. The largest absolute Gasteiger partial charge is 0.379 e. The van der Waals surface area contributed by atoms with Crippen LogP contribution in [0.4, 0.5) is 9.18 Å². The zero-order valence-electron chi connectivity index (χ0n) is 16.0. The third-order valence-electron chi connectivity index (χ3n) is 4.83. The van der Waals surface area contributed by atoms with E-state index in [9.17, 15) is 14.0 Å². The van der Waals surface area contributed by atoms with Crippen LogP contribution in [0.2, 0.25) is 0 Å². The number of primary amides is 1. The first-order valence-corrected chi connectivity index (χ1v) is 10.3. The van der Waals surface area contributed by atoms with E-state index < -0.39 is 12.1 Å². The van der Waals surface area contributed by atoms with E-state index in [0.717, 1.165) is 23.5 Å². The third-order valence-corrected chi connectivity index (χ3v) is 5.81. The fourth-order valence-electron chi connectivity index (χ4n) is 3.38. The Morgan fingerprint density at radius 3 is 2.55 bits per heavy atom. The molecule has 1 aliphatic heterocycles. The summed E-state index contributed by atoms with van der Waals surface area (Å²) in [6.45, 7) is 3.08. The Bertz CT molecular complexity index is 795. The second-order valence-electron chi connectivity index (χ2n) is 6.80. The number of nitrogens with zero attached hydrogens (tertiary/aromatic N) is 1. The van der Waals surface area contributed by atoms with E-state index in [2.05, 4.69) is 15.5 Å². The third kappa shape index (κ3) is 6.25. The Morgan fingerprint density at radius 2 is 1.93 bits per heavy atom. The summed E-state index contributed by atoms with van der Waals surface area (Å²) in [5.41, 5.74) is 6.19. The minimum Gasteiger partial charge on any atom is -0.379 e. The predicted molar refractivity (Wildman–Crippen MR) is 109 cm³/mol. The zero-order valence-corrected chi connectivity index (χ0v) is 16.8. The van der Waals surface area contributed by atoms with Gasteiger partial charge in [0.25, 0.3) is 0 Å². The average Bonchev–Trinajstić information content (AvgIpc) is 3.24. The van der Waals surface area contributed by atoms with Crippen LogP contribution in [-0.4, -0.2) is 49.7 Å². The number of amides is 3. The summed E-state index contributed by atoms with van der Waals surface area (Å²) in [5.74, 6) is -0.493. The van der Waals surface area contributed by atoms with Gasteiger partial charge in [0.1, 0.15) is 5.82 Å². The molecule has 0 saturated carbocycles. The van der Waals surface area contributed by atoms with E-state index in [1.54, 1.807) is 12.1 Å². The molecular weight excluding hydrogens is 395 g/mol. The lowest BCUT2D eigenvalue weighted by atomic mass is 10.0. The van der Waals surface area contributed by atoms with Crippen molar-refractivity contribution in [2.45, 2.75) is 18.5 Å². The van der Waals surface area contributed by atoms with Crippen molar-refractivity contribution in [2.75, 3.05) is 32.8 Å².